The lowest BCUT2D eigenvalue weighted by atomic mass is 9.96. The fourth-order valence-electron chi connectivity index (χ4n) is 3.41. The van der Waals surface area contributed by atoms with E-state index in [-0.39, 0.29) is 26.1 Å². The Bertz CT molecular complexity index is 1210. The molecule has 160 valence electrons. The maximum absolute atomic E-state index is 12.8. The topological polar surface area (TPSA) is 131 Å². The zero-order chi connectivity index (χ0) is 21.8. The lowest BCUT2D eigenvalue weighted by Crippen LogP contribution is -2.22. The smallest absolute Gasteiger partial charge is 0.307 e. The minimum absolute atomic E-state index is 0.0288. The van der Waals surface area contributed by atoms with Crippen LogP contribution in [0.5, 0.6) is 0 Å². The minimum Gasteiger partial charge on any atom is -0.307 e. The number of pyridine rings is 2. The first-order chi connectivity index (χ1) is 14.9. The molecule has 3 aromatic rings. The number of nitrogens with one attached hydrogen (secondary N) is 2. The third-order valence-electron chi connectivity index (χ3n) is 4.94. The van der Waals surface area contributed by atoms with Gasteiger partial charge in [-0.2, -0.15) is 0 Å². The van der Waals surface area contributed by atoms with Crippen molar-refractivity contribution in [2.24, 2.45) is 5.92 Å². The minimum atomic E-state index is -3.82. The molecule has 1 saturated carbocycles. The van der Waals surface area contributed by atoms with E-state index < -0.39 is 15.9 Å². The van der Waals surface area contributed by atoms with Crippen LogP contribution in [0.15, 0.2) is 58.3 Å². The van der Waals surface area contributed by atoms with Crippen LogP contribution in [0, 0.1) is 5.92 Å². The highest BCUT2D eigenvalue weighted by atomic mass is 32.2. The molecule has 1 aliphatic carbocycles. The molecule has 0 unspecified atom stereocenters. The molecule has 2 N–H and O–H groups in total. The lowest BCUT2D eigenvalue weighted by molar-refractivity contribution is 0.0923. The highest BCUT2D eigenvalue weighted by Crippen LogP contribution is 2.30. The average molecular weight is 458 g/mol. The summed E-state index contributed by atoms with van der Waals surface area (Å²) in [5.74, 6) is -0.0787. The zero-order valence-electron chi connectivity index (χ0n) is 16.3. The SMILES string of the molecule is O=C(Nc1ncc(S(=O)(=O)c2ccccn2)s1)Nc1ccncc1C(=O)C1CCCC1. The van der Waals surface area contributed by atoms with E-state index in [1.54, 1.807) is 18.2 Å². The lowest BCUT2D eigenvalue weighted by Gasteiger charge is -2.13. The molecule has 0 saturated heterocycles. The Morgan fingerprint density at radius 1 is 1.00 bits per heavy atom. The number of anilines is 2. The van der Waals surface area contributed by atoms with Crippen molar-refractivity contribution in [3.8, 4) is 0 Å². The molecular weight excluding hydrogens is 438 g/mol. The molecule has 3 heterocycles. The number of hydrogen-bond donors (Lipinski definition) is 2. The van der Waals surface area contributed by atoms with Gasteiger partial charge in [-0.15, -0.1) is 0 Å². The van der Waals surface area contributed by atoms with Gasteiger partial charge in [0.2, 0.25) is 9.84 Å². The molecule has 31 heavy (non-hydrogen) atoms. The quantitative estimate of drug-likeness (QED) is 0.539. The molecule has 9 nitrogen and oxygen atoms in total. The summed E-state index contributed by atoms with van der Waals surface area (Å²) in [7, 11) is -3.82. The fraction of sp³-hybridized carbons (Fsp3) is 0.250. The van der Waals surface area contributed by atoms with Gasteiger partial charge in [-0.3, -0.25) is 15.1 Å². The van der Waals surface area contributed by atoms with Crippen LogP contribution in [0.3, 0.4) is 0 Å². The standard InChI is InChI=1S/C20H19N5O4S2/c26-18(13-5-1-2-6-13)14-11-21-10-8-15(14)24-19(27)25-20-23-12-17(30-20)31(28,29)16-7-3-4-9-22-16/h3-4,7-13H,1-2,5-6H2,(H2,21,23,24,25,27). The van der Waals surface area contributed by atoms with Gasteiger partial charge in [0.1, 0.15) is 4.21 Å². The van der Waals surface area contributed by atoms with Crippen molar-refractivity contribution in [1.82, 2.24) is 15.0 Å². The Morgan fingerprint density at radius 2 is 1.81 bits per heavy atom. The van der Waals surface area contributed by atoms with Gasteiger partial charge in [0, 0.05) is 24.5 Å². The van der Waals surface area contributed by atoms with E-state index in [2.05, 4.69) is 25.6 Å². The van der Waals surface area contributed by atoms with Gasteiger partial charge in [0.25, 0.3) is 0 Å². The molecule has 3 aromatic heterocycles. The van der Waals surface area contributed by atoms with Gasteiger partial charge in [-0.25, -0.2) is 23.2 Å². The van der Waals surface area contributed by atoms with E-state index in [1.165, 1.54) is 30.9 Å². The van der Waals surface area contributed by atoms with E-state index in [0.717, 1.165) is 37.0 Å². The fourth-order valence-corrected chi connectivity index (χ4v) is 5.74. The summed E-state index contributed by atoms with van der Waals surface area (Å²) < 4.78 is 25.2. The summed E-state index contributed by atoms with van der Waals surface area (Å²) >= 11 is 0.814. The zero-order valence-corrected chi connectivity index (χ0v) is 17.9. The summed E-state index contributed by atoms with van der Waals surface area (Å²) in [5.41, 5.74) is 0.712. The first-order valence-corrected chi connectivity index (χ1v) is 11.9. The number of ketones is 1. The van der Waals surface area contributed by atoms with Crippen LogP contribution in [0.25, 0.3) is 0 Å². The molecule has 11 heteroatoms. The van der Waals surface area contributed by atoms with Crippen molar-refractivity contribution in [2.45, 2.75) is 34.9 Å². The number of rotatable bonds is 6. The normalized spacial score (nSPS) is 14.3. The van der Waals surface area contributed by atoms with E-state index in [0.29, 0.717) is 11.3 Å². The number of thiazole rings is 1. The van der Waals surface area contributed by atoms with Crippen molar-refractivity contribution in [3.05, 3.63) is 54.6 Å². The van der Waals surface area contributed by atoms with Gasteiger partial charge in [-0.1, -0.05) is 30.2 Å². The molecule has 0 bridgehead atoms. The number of amides is 2. The molecule has 0 aliphatic heterocycles. The summed E-state index contributed by atoms with van der Waals surface area (Å²) in [5, 5.41) is 5.15. The third-order valence-corrected chi connectivity index (χ3v) is 7.99. The van der Waals surface area contributed by atoms with Crippen LogP contribution >= 0.6 is 11.3 Å². The number of aromatic nitrogens is 3. The maximum Gasteiger partial charge on any atom is 0.325 e. The summed E-state index contributed by atoms with van der Waals surface area (Å²) in [4.78, 5) is 37.1. The van der Waals surface area contributed by atoms with Crippen molar-refractivity contribution in [3.63, 3.8) is 0 Å². The molecule has 1 aliphatic rings. The second-order valence-electron chi connectivity index (χ2n) is 7.00. The summed E-state index contributed by atoms with van der Waals surface area (Å²) in [6.45, 7) is 0. The van der Waals surface area contributed by atoms with E-state index in [4.69, 9.17) is 0 Å². The molecule has 0 radical (unpaired) electrons. The van der Waals surface area contributed by atoms with Gasteiger partial charge in [0.05, 0.1) is 17.4 Å². The highest BCUT2D eigenvalue weighted by molar-refractivity contribution is 7.93. The Kier molecular flexibility index (Phi) is 6.05. The Hall–Kier alpha value is -3.18. The molecular formula is C20H19N5O4S2. The average Bonchev–Trinajstić information content (AvgIpc) is 3.47. The highest BCUT2D eigenvalue weighted by Gasteiger charge is 2.26. The van der Waals surface area contributed by atoms with Crippen molar-refractivity contribution < 1.29 is 18.0 Å². The number of carbonyl (C=O) groups excluding carboxylic acids is 2. The van der Waals surface area contributed by atoms with Crippen LogP contribution < -0.4 is 10.6 Å². The third kappa shape index (κ3) is 4.62. The van der Waals surface area contributed by atoms with E-state index in [1.807, 2.05) is 0 Å². The second-order valence-corrected chi connectivity index (χ2v) is 10.2. The van der Waals surface area contributed by atoms with Crippen molar-refractivity contribution in [2.75, 3.05) is 10.6 Å². The largest absolute Gasteiger partial charge is 0.325 e. The maximum atomic E-state index is 12.8. The number of urea groups is 1. The monoisotopic (exact) mass is 457 g/mol. The predicted molar refractivity (Wildman–Crippen MR) is 115 cm³/mol. The molecule has 2 amide bonds. The Balaban J connectivity index is 1.47. The first kappa shape index (κ1) is 21.1. The number of carbonyl (C=O) groups is 2. The van der Waals surface area contributed by atoms with Crippen LogP contribution in [0.4, 0.5) is 15.6 Å². The van der Waals surface area contributed by atoms with E-state index in [9.17, 15) is 18.0 Å². The van der Waals surface area contributed by atoms with Crippen LogP contribution in [-0.4, -0.2) is 35.2 Å². The number of sulfone groups is 1. The molecule has 4 rings (SSSR count). The van der Waals surface area contributed by atoms with Crippen molar-refractivity contribution >= 4 is 43.8 Å². The summed E-state index contributed by atoms with van der Waals surface area (Å²) in [6.07, 6.45) is 9.23. The van der Waals surface area contributed by atoms with Crippen LogP contribution in [0.1, 0.15) is 36.0 Å². The molecule has 1 fully saturated rings. The van der Waals surface area contributed by atoms with Gasteiger partial charge in [0.15, 0.2) is 15.9 Å². The van der Waals surface area contributed by atoms with Crippen LogP contribution in [-0.2, 0) is 9.84 Å². The number of Topliss-reactive ketones (excluding diaryl/α,β-unsaturated/α-hetero) is 1. The molecule has 0 spiro atoms. The van der Waals surface area contributed by atoms with Gasteiger partial charge >= 0.3 is 6.03 Å². The number of nitrogens with zero attached hydrogens (tertiary/aromatic N) is 3. The Morgan fingerprint density at radius 3 is 2.55 bits per heavy atom. The molecule has 0 atom stereocenters. The van der Waals surface area contributed by atoms with Gasteiger partial charge in [-0.05, 0) is 31.0 Å². The molecule has 0 aromatic carbocycles. The summed E-state index contributed by atoms with van der Waals surface area (Å²) in [6, 6.07) is 5.50. The number of hydrogen-bond acceptors (Lipinski definition) is 8. The van der Waals surface area contributed by atoms with Crippen LogP contribution in [0.2, 0.25) is 0 Å². The Labute approximate surface area is 182 Å². The first-order valence-electron chi connectivity index (χ1n) is 9.63. The van der Waals surface area contributed by atoms with Crippen molar-refractivity contribution in [1.29, 1.82) is 0 Å². The predicted octanol–water partition coefficient (Wildman–Crippen LogP) is 3.78. The van der Waals surface area contributed by atoms with E-state index >= 15 is 0 Å². The van der Waals surface area contributed by atoms with Gasteiger partial charge < -0.3 is 5.32 Å². The second kappa shape index (κ2) is 8.90.